The number of para-hydroxylation sites is 1. The number of hydrogen-bond acceptors (Lipinski definition) is 2. The summed E-state index contributed by atoms with van der Waals surface area (Å²) in [6.07, 6.45) is 2.46. The maximum atomic E-state index is 12.0. The van der Waals surface area contributed by atoms with E-state index in [1.165, 1.54) is 12.8 Å². The van der Waals surface area contributed by atoms with Crippen molar-refractivity contribution in [3.63, 3.8) is 0 Å². The fourth-order valence-electron chi connectivity index (χ4n) is 1.73. The van der Waals surface area contributed by atoms with Crippen molar-refractivity contribution < 1.29 is 4.79 Å². The van der Waals surface area contributed by atoms with Crippen LogP contribution in [0.25, 0.3) is 0 Å². The molecule has 0 radical (unpaired) electrons. The van der Waals surface area contributed by atoms with Crippen molar-refractivity contribution in [1.82, 2.24) is 0 Å². The number of hydrogen-bond donors (Lipinski definition) is 1. The molecule has 0 bridgehead atoms. The van der Waals surface area contributed by atoms with Gasteiger partial charge in [-0.2, -0.15) is 0 Å². The van der Waals surface area contributed by atoms with Gasteiger partial charge in [-0.1, -0.05) is 18.2 Å². The van der Waals surface area contributed by atoms with Crippen LogP contribution < -0.4 is 10.6 Å². The molecule has 1 amide bonds. The maximum absolute atomic E-state index is 12.0. The Hall–Kier alpha value is -1.06. The number of carbonyl (C=O) groups is 1. The molecule has 1 aromatic rings. The molecule has 0 heterocycles. The molecule has 2 rings (SSSR count). The Labute approximate surface area is 108 Å². The van der Waals surface area contributed by atoms with Gasteiger partial charge in [-0.25, -0.2) is 0 Å². The van der Waals surface area contributed by atoms with Crippen molar-refractivity contribution in [2.45, 2.75) is 25.8 Å². The second-order valence-electron chi connectivity index (χ2n) is 4.52. The minimum Gasteiger partial charge on any atom is -0.320 e. The quantitative estimate of drug-likeness (QED) is 0.896. The van der Waals surface area contributed by atoms with Crippen LogP contribution in [0.5, 0.6) is 0 Å². The highest BCUT2D eigenvalue weighted by Gasteiger charge is 2.28. The number of halogens is 1. The summed E-state index contributed by atoms with van der Waals surface area (Å²) >= 11 is 0. The van der Waals surface area contributed by atoms with Gasteiger partial charge in [-0.05, 0) is 37.8 Å². The van der Waals surface area contributed by atoms with Gasteiger partial charge in [0.05, 0.1) is 6.04 Å². The van der Waals surface area contributed by atoms with E-state index < -0.39 is 6.04 Å². The lowest BCUT2D eigenvalue weighted by Crippen LogP contribution is -2.43. The summed E-state index contributed by atoms with van der Waals surface area (Å²) in [5.74, 6) is 0.681. The molecule has 1 atom stereocenters. The summed E-state index contributed by atoms with van der Waals surface area (Å²) < 4.78 is 0. The van der Waals surface area contributed by atoms with Crippen molar-refractivity contribution in [2.75, 3.05) is 11.4 Å². The molecule has 1 fully saturated rings. The van der Waals surface area contributed by atoms with E-state index in [9.17, 15) is 4.79 Å². The van der Waals surface area contributed by atoms with Gasteiger partial charge in [0.1, 0.15) is 0 Å². The first-order chi connectivity index (χ1) is 7.68. The molecule has 17 heavy (non-hydrogen) atoms. The largest absolute Gasteiger partial charge is 0.320 e. The molecule has 0 aromatic heterocycles. The van der Waals surface area contributed by atoms with Crippen LogP contribution in [0.2, 0.25) is 0 Å². The van der Waals surface area contributed by atoms with Crippen LogP contribution in [0, 0.1) is 5.92 Å². The summed E-state index contributed by atoms with van der Waals surface area (Å²) in [6.45, 7) is 2.55. The van der Waals surface area contributed by atoms with E-state index in [1.807, 2.05) is 35.2 Å². The first-order valence-electron chi connectivity index (χ1n) is 5.80. The van der Waals surface area contributed by atoms with E-state index in [0.29, 0.717) is 5.92 Å². The van der Waals surface area contributed by atoms with Crippen molar-refractivity contribution in [2.24, 2.45) is 11.7 Å². The topological polar surface area (TPSA) is 46.3 Å². The molecular formula is C13H19ClN2O. The van der Waals surface area contributed by atoms with Crippen molar-refractivity contribution >= 4 is 24.0 Å². The van der Waals surface area contributed by atoms with Gasteiger partial charge in [0, 0.05) is 12.2 Å². The number of anilines is 1. The van der Waals surface area contributed by atoms with Crippen LogP contribution in [0.1, 0.15) is 19.8 Å². The molecule has 94 valence electrons. The van der Waals surface area contributed by atoms with E-state index in [4.69, 9.17) is 5.73 Å². The highest BCUT2D eigenvalue weighted by atomic mass is 35.5. The van der Waals surface area contributed by atoms with E-state index in [2.05, 4.69) is 0 Å². The molecule has 0 saturated heterocycles. The zero-order valence-electron chi connectivity index (χ0n) is 10.0. The first kappa shape index (κ1) is 14.0. The van der Waals surface area contributed by atoms with Gasteiger partial charge in [-0.3, -0.25) is 4.79 Å². The summed E-state index contributed by atoms with van der Waals surface area (Å²) in [5, 5.41) is 0. The lowest BCUT2D eigenvalue weighted by molar-refractivity contribution is -0.119. The molecule has 1 aliphatic carbocycles. The Morgan fingerprint density at radius 3 is 2.47 bits per heavy atom. The number of nitrogens with zero attached hydrogens (tertiary/aromatic N) is 1. The van der Waals surface area contributed by atoms with Crippen molar-refractivity contribution in [3.05, 3.63) is 30.3 Å². The van der Waals surface area contributed by atoms with Crippen LogP contribution in [0.4, 0.5) is 5.69 Å². The van der Waals surface area contributed by atoms with Gasteiger partial charge in [0.2, 0.25) is 5.91 Å². The predicted molar refractivity (Wildman–Crippen MR) is 72.4 cm³/mol. The van der Waals surface area contributed by atoms with Gasteiger partial charge in [0.15, 0.2) is 0 Å². The van der Waals surface area contributed by atoms with E-state index >= 15 is 0 Å². The fraction of sp³-hybridized carbons (Fsp3) is 0.462. The lowest BCUT2D eigenvalue weighted by atomic mass is 10.2. The molecule has 2 N–H and O–H groups in total. The molecular weight excluding hydrogens is 236 g/mol. The maximum Gasteiger partial charge on any atom is 0.243 e. The van der Waals surface area contributed by atoms with E-state index in [0.717, 1.165) is 12.2 Å². The number of rotatable bonds is 4. The lowest BCUT2D eigenvalue weighted by Gasteiger charge is -2.24. The zero-order valence-corrected chi connectivity index (χ0v) is 10.8. The SMILES string of the molecule is C[C@H](N)C(=O)N(CC1CC1)c1ccccc1.Cl. The first-order valence-corrected chi connectivity index (χ1v) is 5.80. The molecule has 0 aliphatic heterocycles. The molecule has 3 nitrogen and oxygen atoms in total. The molecule has 0 unspecified atom stereocenters. The van der Waals surface area contributed by atoms with Crippen LogP contribution in [0.15, 0.2) is 30.3 Å². The molecule has 4 heteroatoms. The molecule has 1 aromatic carbocycles. The normalized spacial score (nSPS) is 15.9. The number of benzene rings is 1. The van der Waals surface area contributed by atoms with Crippen molar-refractivity contribution in [1.29, 1.82) is 0 Å². The van der Waals surface area contributed by atoms with Crippen LogP contribution in [0.3, 0.4) is 0 Å². The summed E-state index contributed by atoms with van der Waals surface area (Å²) in [4.78, 5) is 13.8. The molecule has 1 saturated carbocycles. The molecule has 1 aliphatic rings. The average Bonchev–Trinajstić information content (AvgIpc) is 3.10. The number of amides is 1. The Kier molecular flexibility index (Phi) is 4.97. The fourth-order valence-corrected chi connectivity index (χ4v) is 1.73. The third-order valence-corrected chi connectivity index (χ3v) is 2.86. The highest BCUT2D eigenvalue weighted by molar-refractivity contribution is 5.96. The standard InChI is InChI=1S/C13H18N2O.ClH/c1-10(14)13(16)15(9-11-7-8-11)12-5-3-2-4-6-12;/h2-6,10-11H,7-9,14H2,1H3;1H/t10-;/m0./s1. The third-order valence-electron chi connectivity index (χ3n) is 2.86. The molecule has 0 spiro atoms. The second-order valence-corrected chi connectivity index (χ2v) is 4.52. The zero-order chi connectivity index (χ0) is 11.5. The Balaban J connectivity index is 0.00000144. The van der Waals surface area contributed by atoms with Gasteiger partial charge >= 0.3 is 0 Å². The Morgan fingerprint density at radius 2 is 2.00 bits per heavy atom. The smallest absolute Gasteiger partial charge is 0.243 e. The summed E-state index contributed by atoms with van der Waals surface area (Å²) in [7, 11) is 0. The Bertz CT molecular complexity index is 363. The minimum absolute atomic E-state index is 0. The summed E-state index contributed by atoms with van der Waals surface area (Å²) in [6, 6.07) is 9.34. The number of carbonyl (C=O) groups excluding carboxylic acids is 1. The van der Waals surface area contributed by atoms with Crippen molar-refractivity contribution in [3.8, 4) is 0 Å². The van der Waals surface area contributed by atoms with Gasteiger partial charge < -0.3 is 10.6 Å². The van der Waals surface area contributed by atoms with Gasteiger partial charge in [0.25, 0.3) is 0 Å². The van der Waals surface area contributed by atoms with Crippen LogP contribution >= 0.6 is 12.4 Å². The predicted octanol–water partition coefficient (Wildman–Crippen LogP) is 2.20. The Morgan fingerprint density at radius 1 is 1.41 bits per heavy atom. The summed E-state index contributed by atoms with van der Waals surface area (Å²) in [5.41, 5.74) is 6.63. The van der Waals surface area contributed by atoms with E-state index in [1.54, 1.807) is 6.92 Å². The highest BCUT2D eigenvalue weighted by Crippen LogP contribution is 2.31. The second kappa shape index (κ2) is 6.03. The average molecular weight is 255 g/mol. The minimum atomic E-state index is -0.432. The van der Waals surface area contributed by atoms with Crippen LogP contribution in [-0.2, 0) is 4.79 Å². The third kappa shape index (κ3) is 3.72. The van der Waals surface area contributed by atoms with Gasteiger partial charge in [-0.15, -0.1) is 12.4 Å². The van der Waals surface area contributed by atoms with E-state index in [-0.39, 0.29) is 18.3 Å². The number of nitrogens with two attached hydrogens (primary N) is 1. The van der Waals surface area contributed by atoms with Crippen LogP contribution in [-0.4, -0.2) is 18.5 Å². The monoisotopic (exact) mass is 254 g/mol.